The molecule has 0 amide bonds. The van der Waals surface area contributed by atoms with Gasteiger partial charge in [-0.1, -0.05) is 101 Å². The minimum absolute atomic E-state index is 0.272. The third-order valence-electron chi connectivity index (χ3n) is 3.49. The van der Waals surface area contributed by atoms with Crippen molar-refractivity contribution in [2.24, 2.45) is 5.92 Å². The van der Waals surface area contributed by atoms with Crippen molar-refractivity contribution in [3.63, 3.8) is 0 Å². The first kappa shape index (κ1) is 20.8. The highest BCUT2D eigenvalue weighted by molar-refractivity contribution is 5.79. The van der Waals surface area contributed by atoms with E-state index in [0.717, 1.165) is 5.92 Å². The Morgan fingerprint density at radius 1 is 0.800 bits per heavy atom. The number of dihydropyridines is 1. The van der Waals surface area contributed by atoms with E-state index in [9.17, 15) is 0 Å². The lowest BCUT2D eigenvalue weighted by molar-refractivity contribution is 0.737. The Morgan fingerprint density at radius 3 is 1.76 bits per heavy atom. The number of hydrogen-bond donors (Lipinski definition) is 1. The molecule has 2 aromatic rings. The van der Waals surface area contributed by atoms with Crippen LogP contribution in [0.5, 0.6) is 0 Å². The van der Waals surface area contributed by atoms with E-state index in [-0.39, 0.29) is 6.04 Å². The summed E-state index contributed by atoms with van der Waals surface area (Å²) < 4.78 is 0. The molecule has 1 aliphatic heterocycles. The summed E-state index contributed by atoms with van der Waals surface area (Å²) in [7, 11) is 0. The fourth-order valence-electron chi connectivity index (χ4n) is 2.46. The molecule has 0 spiro atoms. The summed E-state index contributed by atoms with van der Waals surface area (Å²) in [5, 5.41) is 3.48. The molecule has 1 heterocycles. The molecule has 0 aliphatic carbocycles. The van der Waals surface area contributed by atoms with Gasteiger partial charge in [0.1, 0.15) is 0 Å². The summed E-state index contributed by atoms with van der Waals surface area (Å²) in [6.07, 6.45) is 4.42. The standard InChI is InChI=1S/C18H17N.C4H10.C2H6/c1-14-12-18(16-10-6-3-7-11-16)19-13-17(14)15-8-4-2-5-9-15;1-4(2)3;1-2/h2-13,18-19H,1H3;4H,1-3H3;1-2H3. The molecule has 25 heavy (non-hydrogen) atoms. The van der Waals surface area contributed by atoms with E-state index in [1.54, 1.807) is 0 Å². The van der Waals surface area contributed by atoms with Crippen LogP contribution < -0.4 is 5.32 Å². The molecule has 1 atom stereocenters. The molecule has 1 aliphatic rings. The summed E-state index contributed by atoms with van der Waals surface area (Å²) in [6, 6.07) is 21.3. The molecule has 2 aromatic carbocycles. The molecular weight excluding hydrogens is 302 g/mol. The zero-order valence-electron chi connectivity index (χ0n) is 16.6. The summed E-state index contributed by atoms with van der Waals surface area (Å²) in [6.45, 7) is 12.7. The molecule has 0 fully saturated rings. The van der Waals surface area contributed by atoms with Gasteiger partial charge >= 0.3 is 0 Å². The van der Waals surface area contributed by atoms with Crippen LogP contribution in [0.2, 0.25) is 0 Å². The van der Waals surface area contributed by atoms with Crippen LogP contribution in [-0.4, -0.2) is 0 Å². The maximum atomic E-state index is 3.48. The number of benzene rings is 2. The van der Waals surface area contributed by atoms with Gasteiger partial charge in [0, 0.05) is 11.8 Å². The van der Waals surface area contributed by atoms with Crippen LogP contribution in [0.3, 0.4) is 0 Å². The van der Waals surface area contributed by atoms with Gasteiger partial charge in [-0.05, 0) is 29.5 Å². The first-order chi connectivity index (χ1) is 12.1. The molecule has 1 nitrogen and oxygen atoms in total. The second-order valence-corrected chi connectivity index (χ2v) is 6.56. The van der Waals surface area contributed by atoms with Gasteiger partial charge in [-0.3, -0.25) is 0 Å². The van der Waals surface area contributed by atoms with Gasteiger partial charge in [0.15, 0.2) is 0 Å². The Kier molecular flexibility index (Phi) is 9.39. The van der Waals surface area contributed by atoms with Crippen molar-refractivity contribution in [2.45, 2.75) is 47.6 Å². The second kappa shape index (κ2) is 11.3. The number of nitrogens with one attached hydrogen (secondary N) is 1. The number of rotatable bonds is 2. The van der Waals surface area contributed by atoms with E-state index in [1.165, 1.54) is 22.3 Å². The summed E-state index contributed by atoms with van der Waals surface area (Å²) >= 11 is 0. The largest absolute Gasteiger partial charge is 0.380 e. The van der Waals surface area contributed by atoms with Crippen LogP contribution >= 0.6 is 0 Å². The third kappa shape index (κ3) is 7.01. The van der Waals surface area contributed by atoms with Crippen LogP contribution in [0, 0.1) is 5.92 Å². The molecule has 1 N–H and O–H groups in total. The average Bonchev–Trinajstić information content (AvgIpc) is 2.64. The molecule has 0 radical (unpaired) electrons. The average molecular weight is 336 g/mol. The first-order valence-corrected chi connectivity index (χ1v) is 9.33. The molecule has 0 bridgehead atoms. The molecule has 0 saturated heterocycles. The van der Waals surface area contributed by atoms with Gasteiger partial charge in [0.25, 0.3) is 0 Å². The van der Waals surface area contributed by atoms with E-state index < -0.39 is 0 Å². The molecule has 134 valence electrons. The fourth-order valence-corrected chi connectivity index (χ4v) is 2.46. The van der Waals surface area contributed by atoms with Crippen LogP contribution in [0.1, 0.15) is 58.7 Å². The van der Waals surface area contributed by atoms with Crippen molar-refractivity contribution in [3.8, 4) is 0 Å². The van der Waals surface area contributed by atoms with Crippen LogP contribution in [-0.2, 0) is 0 Å². The minimum atomic E-state index is 0.272. The zero-order chi connectivity index (χ0) is 18.7. The topological polar surface area (TPSA) is 12.0 Å². The van der Waals surface area contributed by atoms with Gasteiger partial charge in [0.2, 0.25) is 0 Å². The van der Waals surface area contributed by atoms with Crippen molar-refractivity contribution in [3.05, 3.63) is 89.6 Å². The quantitative estimate of drug-likeness (QED) is 0.622. The maximum Gasteiger partial charge on any atom is 0.0698 e. The van der Waals surface area contributed by atoms with Gasteiger partial charge in [0.05, 0.1) is 6.04 Å². The lowest BCUT2D eigenvalue weighted by Crippen LogP contribution is -2.18. The molecule has 1 heteroatoms. The summed E-state index contributed by atoms with van der Waals surface area (Å²) in [4.78, 5) is 0. The predicted molar refractivity (Wildman–Crippen MR) is 112 cm³/mol. The Hall–Kier alpha value is -2.28. The summed E-state index contributed by atoms with van der Waals surface area (Å²) in [5.74, 6) is 0.833. The van der Waals surface area contributed by atoms with Crippen LogP contribution in [0.25, 0.3) is 5.57 Å². The Bertz CT molecular complexity index is 648. The SMILES string of the molecule is CC.CC(C)C.CC1=CC(c2ccccc2)NC=C1c1ccccc1. The highest BCUT2D eigenvalue weighted by atomic mass is 14.9. The van der Waals surface area contributed by atoms with Crippen LogP contribution in [0.15, 0.2) is 78.5 Å². The lowest BCUT2D eigenvalue weighted by atomic mass is 9.93. The number of allylic oxidation sites excluding steroid dienone is 2. The van der Waals surface area contributed by atoms with Crippen LogP contribution in [0.4, 0.5) is 0 Å². The molecule has 0 saturated carbocycles. The van der Waals surface area contributed by atoms with Crippen molar-refractivity contribution in [2.75, 3.05) is 0 Å². The summed E-state index contributed by atoms with van der Waals surface area (Å²) in [5.41, 5.74) is 5.15. The Morgan fingerprint density at radius 2 is 1.28 bits per heavy atom. The molecule has 1 unspecified atom stereocenters. The number of hydrogen-bond acceptors (Lipinski definition) is 1. The Balaban J connectivity index is 0.000000461. The zero-order valence-corrected chi connectivity index (χ0v) is 16.6. The van der Waals surface area contributed by atoms with Crippen molar-refractivity contribution in [1.82, 2.24) is 5.32 Å². The van der Waals surface area contributed by atoms with Gasteiger partial charge < -0.3 is 5.32 Å². The van der Waals surface area contributed by atoms with E-state index >= 15 is 0 Å². The van der Waals surface area contributed by atoms with E-state index in [1.807, 2.05) is 26.0 Å². The van der Waals surface area contributed by atoms with Crippen molar-refractivity contribution < 1.29 is 0 Å². The fraction of sp³-hybridized carbons (Fsp3) is 0.333. The lowest BCUT2D eigenvalue weighted by Gasteiger charge is -2.22. The van der Waals surface area contributed by atoms with Gasteiger partial charge in [-0.15, -0.1) is 0 Å². The highest BCUT2D eigenvalue weighted by Crippen LogP contribution is 2.29. The maximum absolute atomic E-state index is 3.48. The minimum Gasteiger partial charge on any atom is -0.380 e. The van der Waals surface area contributed by atoms with E-state index in [2.05, 4.69) is 93.8 Å². The Labute approximate surface area is 154 Å². The smallest absolute Gasteiger partial charge is 0.0698 e. The first-order valence-electron chi connectivity index (χ1n) is 9.33. The highest BCUT2D eigenvalue weighted by Gasteiger charge is 2.14. The van der Waals surface area contributed by atoms with Gasteiger partial charge in [-0.25, -0.2) is 0 Å². The normalized spacial score (nSPS) is 15.6. The molecular formula is C24H33N. The third-order valence-corrected chi connectivity index (χ3v) is 3.49. The monoisotopic (exact) mass is 335 g/mol. The van der Waals surface area contributed by atoms with Crippen molar-refractivity contribution in [1.29, 1.82) is 0 Å². The second-order valence-electron chi connectivity index (χ2n) is 6.56. The van der Waals surface area contributed by atoms with Crippen molar-refractivity contribution >= 4 is 5.57 Å². The van der Waals surface area contributed by atoms with Gasteiger partial charge in [-0.2, -0.15) is 0 Å². The van der Waals surface area contributed by atoms with E-state index in [4.69, 9.17) is 0 Å². The molecule has 0 aromatic heterocycles. The van der Waals surface area contributed by atoms with E-state index in [0.29, 0.717) is 0 Å². The predicted octanol–water partition coefficient (Wildman–Crippen LogP) is 7.01. The molecule has 3 rings (SSSR count).